The molecule has 0 spiro atoms. The molecule has 0 aliphatic heterocycles. The summed E-state index contributed by atoms with van der Waals surface area (Å²) in [5.74, 6) is -1.90. The van der Waals surface area contributed by atoms with Crippen molar-refractivity contribution in [3.05, 3.63) is 83.1 Å². The molecule has 1 aliphatic rings. The van der Waals surface area contributed by atoms with Crippen LogP contribution < -0.4 is 15.4 Å². The van der Waals surface area contributed by atoms with Gasteiger partial charge < -0.3 is 20.5 Å². The number of carbonyl (C=O) groups is 2. The number of phenols is 1. The van der Waals surface area contributed by atoms with Crippen molar-refractivity contribution in [2.24, 2.45) is 0 Å². The Hall–Kier alpha value is -4.01. The molecule has 1 aliphatic carbocycles. The highest BCUT2D eigenvalue weighted by atomic mass is 19.1. The second kappa shape index (κ2) is 10.5. The number of hydrogen-bond donors (Lipinski definition) is 3. The Bertz CT molecular complexity index is 1230. The van der Waals surface area contributed by atoms with Gasteiger partial charge in [-0.05, 0) is 80.6 Å². The van der Waals surface area contributed by atoms with Gasteiger partial charge in [-0.1, -0.05) is 6.07 Å². The molecule has 0 radical (unpaired) electrons. The lowest BCUT2D eigenvalue weighted by molar-refractivity contribution is 0.0888. The quantitative estimate of drug-likeness (QED) is 0.476. The summed E-state index contributed by atoms with van der Waals surface area (Å²) in [6.07, 6.45) is 3.41. The first-order valence-electron chi connectivity index (χ1n) is 11.3. The van der Waals surface area contributed by atoms with Crippen LogP contribution in [-0.4, -0.2) is 34.0 Å². The zero-order chi connectivity index (χ0) is 24.9. The molecule has 9 heteroatoms. The molecular weight excluding hydrogens is 456 g/mol. The van der Waals surface area contributed by atoms with Crippen LogP contribution in [0.3, 0.4) is 0 Å². The summed E-state index contributed by atoms with van der Waals surface area (Å²) in [5.41, 5.74) is 1.01. The van der Waals surface area contributed by atoms with E-state index in [4.69, 9.17) is 4.74 Å². The number of pyridine rings is 1. The van der Waals surface area contributed by atoms with Gasteiger partial charge in [-0.25, -0.2) is 13.8 Å². The fourth-order valence-electron chi connectivity index (χ4n) is 4.03. The summed E-state index contributed by atoms with van der Waals surface area (Å²) in [5, 5.41) is 15.8. The summed E-state index contributed by atoms with van der Waals surface area (Å²) in [6.45, 7) is 1.83. The standard InChI is InChI=1S/C26H25F2N3O4/c1-15-2-11-21(23(32)12-15)24(33)30-18-5-7-19(8-6-18)31-25(34)22-13-17(28)14-29-26(22)35-20-9-3-16(27)4-10-20/h2-4,9-14,18-19,32H,5-8H2,1H3,(H,30,33)(H,31,34). The van der Waals surface area contributed by atoms with Crippen LogP contribution in [-0.2, 0) is 0 Å². The van der Waals surface area contributed by atoms with Gasteiger partial charge in [0.05, 0.1) is 11.8 Å². The van der Waals surface area contributed by atoms with Crippen LogP contribution in [0.1, 0.15) is 52.0 Å². The van der Waals surface area contributed by atoms with E-state index in [1.54, 1.807) is 12.1 Å². The number of aryl methyl sites for hydroxylation is 1. The summed E-state index contributed by atoms with van der Waals surface area (Å²) < 4.78 is 32.6. The van der Waals surface area contributed by atoms with Crippen LogP contribution in [0.2, 0.25) is 0 Å². The normalized spacial score (nSPS) is 17.5. The predicted molar refractivity (Wildman–Crippen MR) is 124 cm³/mol. The number of carbonyl (C=O) groups excluding carboxylic acids is 2. The molecule has 2 aromatic carbocycles. The van der Waals surface area contributed by atoms with Crippen LogP contribution in [0, 0.1) is 18.6 Å². The molecule has 7 nitrogen and oxygen atoms in total. The van der Waals surface area contributed by atoms with Crippen molar-refractivity contribution in [3.8, 4) is 17.4 Å². The van der Waals surface area contributed by atoms with Crippen LogP contribution in [0.4, 0.5) is 8.78 Å². The minimum Gasteiger partial charge on any atom is -0.507 e. The van der Waals surface area contributed by atoms with E-state index in [0.717, 1.165) is 17.8 Å². The zero-order valence-corrected chi connectivity index (χ0v) is 19.1. The summed E-state index contributed by atoms with van der Waals surface area (Å²) in [4.78, 5) is 29.3. The molecule has 3 N–H and O–H groups in total. The van der Waals surface area contributed by atoms with E-state index in [-0.39, 0.29) is 46.5 Å². The fraction of sp³-hybridized carbons (Fsp3) is 0.269. The van der Waals surface area contributed by atoms with E-state index in [1.807, 2.05) is 6.92 Å². The van der Waals surface area contributed by atoms with E-state index >= 15 is 0 Å². The third-order valence-electron chi connectivity index (χ3n) is 5.89. The van der Waals surface area contributed by atoms with Gasteiger partial charge in [0, 0.05) is 12.1 Å². The average Bonchev–Trinajstić information content (AvgIpc) is 2.82. The minimum atomic E-state index is -0.688. The first-order valence-corrected chi connectivity index (χ1v) is 11.3. The first-order chi connectivity index (χ1) is 16.8. The number of hydrogen-bond acceptors (Lipinski definition) is 5. The van der Waals surface area contributed by atoms with E-state index in [0.29, 0.717) is 25.7 Å². The van der Waals surface area contributed by atoms with Gasteiger partial charge in [-0.3, -0.25) is 9.59 Å². The van der Waals surface area contributed by atoms with Crippen molar-refractivity contribution in [2.45, 2.75) is 44.7 Å². The van der Waals surface area contributed by atoms with Gasteiger partial charge in [-0.15, -0.1) is 0 Å². The van der Waals surface area contributed by atoms with E-state index in [1.165, 1.54) is 30.3 Å². The molecule has 1 heterocycles. The molecule has 1 aromatic heterocycles. The molecule has 182 valence electrons. The highest BCUT2D eigenvalue weighted by molar-refractivity contribution is 5.97. The molecule has 0 saturated heterocycles. The van der Waals surface area contributed by atoms with E-state index in [9.17, 15) is 23.5 Å². The Labute approximate surface area is 201 Å². The van der Waals surface area contributed by atoms with E-state index in [2.05, 4.69) is 15.6 Å². The topological polar surface area (TPSA) is 101 Å². The van der Waals surface area contributed by atoms with Crippen LogP contribution in [0.25, 0.3) is 0 Å². The number of rotatable bonds is 6. The van der Waals surface area contributed by atoms with Gasteiger partial charge in [0.1, 0.15) is 28.7 Å². The molecule has 1 saturated carbocycles. The van der Waals surface area contributed by atoms with Crippen LogP contribution in [0.5, 0.6) is 17.4 Å². The molecule has 0 bridgehead atoms. The maximum Gasteiger partial charge on any atom is 0.257 e. The van der Waals surface area contributed by atoms with E-state index < -0.39 is 17.5 Å². The Morgan fingerprint density at radius 1 is 0.886 bits per heavy atom. The zero-order valence-electron chi connectivity index (χ0n) is 19.1. The Balaban J connectivity index is 1.34. The van der Waals surface area contributed by atoms with Crippen molar-refractivity contribution >= 4 is 11.8 Å². The third kappa shape index (κ3) is 6.11. The molecule has 0 atom stereocenters. The number of phenolic OH excluding ortho intramolecular Hbond substituents is 1. The average molecular weight is 481 g/mol. The lowest BCUT2D eigenvalue weighted by atomic mass is 9.90. The lowest BCUT2D eigenvalue weighted by Crippen LogP contribution is -2.43. The monoisotopic (exact) mass is 481 g/mol. The van der Waals surface area contributed by atoms with Gasteiger partial charge in [0.25, 0.3) is 11.8 Å². The molecular formula is C26H25F2N3O4. The number of aromatic hydroxyl groups is 1. The van der Waals surface area contributed by atoms with Crippen LogP contribution >= 0.6 is 0 Å². The molecule has 1 fully saturated rings. The Morgan fingerprint density at radius 2 is 1.49 bits per heavy atom. The lowest BCUT2D eigenvalue weighted by Gasteiger charge is -2.30. The van der Waals surface area contributed by atoms with Gasteiger partial charge in [0.2, 0.25) is 5.88 Å². The van der Waals surface area contributed by atoms with Gasteiger partial charge >= 0.3 is 0 Å². The first kappa shape index (κ1) is 24.1. The number of ether oxygens (including phenoxy) is 1. The molecule has 2 amide bonds. The van der Waals surface area contributed by atoms with Crippen molar-refractivity contribution in [1.82, 2.24) is 15.6 Å². The highest BCUT2D eigenvalue weighted by Crippen LogP contribution is 2.26. The number of aromatic nitrogens is 1. The number of benzene rings is 2. The predicted octanol–water partition coefficient (Wildman–Crippen LogP) is 4.64. The van der Waals surface area contributed by atoms with Crippen molar-refractivity contribution in [2.75, 3.05) is 0 Å². The number of nitrogens with one attached hydrogen (secondary N) is 2. The molecule has 35 heavy (non-hydrogen) atoms. The smallest absolute Gasteiger partial charge is 0.257 e. The largest absolute Gasteiger partial charge is 0.507 e. The summed E-state index contributed by atoms with van der Waals surface area (Å²) in [6, 6.07) is 10.8. The third-order valence-corrected chi connectivity index (χ3v) is 5.89. The maximum atomic E-state index is 13.8. The molecule has 0 unspecified atom stereocenters. The highest BCUT2D eigenvalue weighted by Gasteiger charge is 2.26. The van der Waals surface area contributed by atoms with Gasteiger partial charge in [0.15, 0.2) is 0 Å². The summed E-state index contributed by atoms with van der Waals surface area (Å²) >= 11 is 0. The minimum absolute atomic E-state index is 0.0641. The van der Waals surface area contributed by atoms with Crippen molar-refractivity contribution in [1.29, 1.82) is 0 Å². The second-order valence-electron chi connectivity index (χ2n) is 8.58. The van der Waals surface area contributed by atoms with Crippen molar-refractivity contribution in [3.63, 3.8) is 0 Å². The Kier molecular flexibility index (Phi) is 7.24. The van der Waals surface area contributed by atoms with Crippen LogP contribution in [0.15, 0.2) is 54.7 Å². The molecule has 3 aromatic rings. The second-order valence-corrected chi connectivity index (χ2v) is 8.58. The van der Waals surface area contributed by atoms with Gasteiger partial charge in [-0.2, -0.15) is 0 Å². The number of nitrogens with zero attached hydrogens (tertiary/aromatic N) is 1. The molecule has 4 rings (SSSR count). The Morgan fingerprint density at radius 3 is 2.09 bits per heavy atom. The van der Waals surface area contributed by atoms with Crippen molar-refractivity contribution < 1.29 is 28.2 Å². The SMILES string of the molecule is Cc1ccc(C(=O)NC2CCC(NC(=O)c3cc(F)cnc3Oc3ccc(F)cc3)CC2)c(O)c1. The summed E-state index contributed by atoms with van der Waals surface area (Å²) in [7, 11) is 0. The maximum absolute atomic E-state index is 13.8. The number of amides is 2. The fourth-order valence-corrected chi connectivity index (χ4v) is 4.03. The number of halogens is 2.